The molecule has 1 atom stereocenters. The quantitative estimate of drug-likeness (QED) is 0.592. The number of nitrogens with zero attached hydrogens (tertiary/aromatic N) is 1. The van der Waals surface area contributed by atoms with E-state index in [1.165, 1.54) is 0 Å². The summed E-state index contributed by atoms with van der Waals surface area (Å²) in [4.78, 5) is 27.2. The van der Waals surface area contributed by atoms with E-state index in [-0.39, 0.29) is 11.8 Å². The van der Waals surface area contributed by atoms with Crippen LogP contribution in [0.5, 0.6) is 11.5 Å². The Morgan fingerprint density at radius 3 is 2.23 bits per heavy atom. The molecule has 1 heterocycles. The van der Waals surface area contributed by atoms with Gasteiger partial charge >= 0.3 is 0 Å². The van der Waals surface area contributed by atoms with Gasteiger partial charge in [-0.1, -0.05) is 48.5 Å². The zero-order chi connectivity index (χ0) is 21.1. The number of hydrogen-bond acceptors (Lipinski definition) is 3. The van der Waals surface area contributed by atoms with Crippen molar-refractivity contribution in [3.63, 3.8) is 0 Å². The highest BCUT2D eigenvalue weighted by Gasteiger charge is 2.37. The van der Waals surface area contributed by atoms with Crippen LogP contribution in [0.4, 0.5) is 5.69 Å². The zero-order valence-electron chi connectivity index (χ0n) is 17.1. The normalized spacial score (nSPS) is 14.1. The Morgan fingerprint density at radius 2 is 1.60 bits per heavy atom. The fourth-order valence-electron chi connectivity index (χ4n) is 3.65. The van der Waals surface area contributed by atoms with Crippen LogP contribution in [0.1, 0.15) is 29.2 Å². The number of hydrogen-bond donors (Lipinski definition) is 1. The number of ether oxygens (including phenoxy) is 1. The Hall–Kier alpha value is -3.60. The van der Waals surface area contributed by atoms with Gasteiger partial charge in [0.15, 0.2) is 0 Å². The van der Waals surface area contributed by atoms with Crippen molar-refractivity contribution in [2.75, 3.05) is 11.9 Å². The first kappa shape index (κ1) is 19.7. The van der Waals surface area contributed by atoms with Crippen molar-refractivity contribution in [2.24, 2.45) is 0 Å². The van der Waals surface area contributed by atoms with Gasteiger partial charge in [-0.3, -0.25) is 9.59 Å². The van der Waals surface area contributed by atoms with Gasteiger partial charge in [-0.05, 0) is 54.8 Å². The second-order valence-corrected chi connectivity index (χ2v) is 7.48. The molecule has 0 aliphatic carbocycles. The van der Waals surface area contributed by atoms with E-state index in [0.29, 0.717) is 24.5 Å². The lowest BCUT2D eigenvalue weighted by atomic mass is 9.99. The minimum atomic E-state index is -0.704. The third-order valence-corrected chi connectivity index (χ3v) is 5.33. The van der Waals surface area contributed by atoms with Crippen molar-refractivity contribution >= 4 is 17.5 Å². The van der Waals surface area contributed by atoms with Gasteiger partial charge in [0, 0.05) is 18.7 Å². The molecule has 5 nitrogen and oxygen atoms in total. The molecule has 1 aliphatic heterocycles. The molecule has 0 spiro atoms. The average Bonchev–Trinajstić information content (AvgIpc) is 2.74. The van der Waals surface area contributed by atoms with Crippen LogP contribution in [0.15, 0.2) is 72.8 Å². The second-order valence-electron chi connectivity index (χ2n) is 7.48. The molecule has 1 fully saturated rings. The molecule has 0 aromatic heterocycles. The number of para-hydroxylation sites is 2. The molecule has 3 aromatic carbocycles. The van der Waals surface area contributed by atoms with Gasteiger partial charge in [0.05, 0.1) is 0 Å². The van der Waals surface area contributed by atoms with Crippen LogP contribution in [0, 0.1) is 13.8 Å². The predicted molar refractivity (Wildman–Crippen MR) is 117 cm³/mol. The standard InChI is InChI=1S/C25H24N2O3/c1-17-8-6-9-18(2)23(17)26-25(29)24(27-15-14-22(27)28)19-10-7-13-21(16-19)30-20-11-4-3-5-12-20/h3-13,16,24H,14-15H2,1-2H3,(H,26,29)/t24-/m0/s1. The summed E-state index contributed by atoms with van der Waals surface area (Å²) in [6.07, 6.45) is 0.466. The minimum Gasteiger partial charge on any atom is -0.457 e. The number of amides is 2. The van der Waals surface area contributed by atoms with Crippen molar-refractivity contribution in [1.82, 2.24) is 4.90 Å². The number of aryl methyl sites for hydroxylation is 2. The summed E-state index contributed by atoms with van der Waals surface area (Å²) in [7, 11) is 0. The SMILES string of the molecule is Cc1cccc(C)c1NC(=O)[C@H](c1cccc(Oc2ccccc2)c1)N1CCC1=O. The fraction of sp³-hybridized carbons (Fsp3) is 0.200. The van der Waals surface area contributed by atoms with Gasteiger partial charge < -0.3 is 15.0 Å². The Kier molecular flexibility index (Phi) is 5.53. The molecule has 0 saturated carbocycles. The third-order valence-electron chi connectivity index (χ3n) is 5.33. The van der Waals surface area contributed by atoms with Crippen molar-refractivity contribution in [3.05, 3.63) is 89.5 Å². The van der Waals surface area contributed by atoms with Crippen molar-refractivity contribution in [3.8, 4) is 11.5 Å². The number of carbonyl (C=O) groups is 2. The van der Waals surface area contributed by atoms with E-state index < -0.39 is 6.04 Å². The predicted octanol–water partition coefficient (Wildman–Crippen LogP) is 5.01. The Balaban J connectivity index is 1.64. The molecule has 5 heteroatoms. The van der Waals surface area contributed by atoms with Gasteiger partial charge in [0.1, 0.15) is 17.5 Å². The molecule has 152 valence electrons. The topological polar surface area (TPSA) is 58.6 Å². The third kappa shape index (κ3) is 4.06. The summed E-state index contributed by atoms with van der Waals surface area (Å²) >= 11 is 0. The molecule has 3 aromatic rings. The molecule has 0 radical (unpaired) electrons. The van der Waals surface area contributed by atoms with Crippen LogP contribution in [-0.4, -0.2) is 23.3 Å². The van der Waals surface area contributed by atoms with E-state index in [0.717, 1.165) is 22.4 Å². The first-order valence-corrected chi connectivity index (χ1v) is 10.0. The van der Waals surface area contributed by atoms with Crippen LogP contribution in [0.25, 0.3) is 0 Å². The van der Waals surface area contributed by atoms with Crippen molar-refractivity contribution < 1.29 is 14.3 Å². The molecule has 0 unspecified atom stereocenters. The van der Waals surface area contributed by atoms with Gasteiger partial charge in [-0.2, -0.15) is 0 Å². The van der Waals surface area contributed by atoms with Gasteiger partial charge in [0.2, 0.25) is 5.91 Å². The number of benzene rings is 3. The fourth-order valence-corrected chi connectivity index (χ4v) is 3.65. The number of β-lactam (4-membered cyclic amide) rings is 1. The van der Waals surface area contributed by atoms with Crippen molar-refractivity contribution in [2.45, 2.75) is 26.3 Å². The van der Waals surface area contributed by atoms with E-state index >= 15 is 0 Å². The lowest BCUT2D eigenvalue weighted by molar-refractivity contribution is -0.147. The first-order chi connectivity index (χ1) is 14.5. The lowest BCUT2D eigenvalue weighted by Crippen LogP contribution is -2.49. The molecule has 1 N–H and O–H groups in total. The highest BCUT2D eigenvalue weighted by molar-refractivity contribution is 6.00. The van der Waals surface area contributed by atoms with Crippen LogP contribution >= 0.6 is 0 Å². The van der Waals surface area contributed by atoms with Crippen LogP contribution in [0.2, 0.25) is 0 Å². The smallest absolute Gasteiger partial charge is 0.251 e. The monoisotopic (exact) mass is 400 g/mol. The van der Waals surface area contributed by atoms with Crippen LogP contribution in [0.3, 0.4) is 0 Å². The Bertz CT molecular complexity index is 1060. The number of likely N-dealkylation sites (tertiary alicyclic amines) is 1. The summed E-state index contributed by atoms with van der Waals surface area (Å²) < 4.78 is 5.93. The molecule has 1 saturated heterocycles. The largest absolute Gasteiger partial charge is 0.457 e. The average molecular weight is 400 g/mol. The second kappa shape index (κ2) is 8.41. The molecule has 1 aliphatic rings. The van der Waals surface area contributed by atoms with E-state index in [9.17, 15) is 9.59 Å². The number of nitrogens with one attached hydrogen (secondary N) is 1. The lowest BCUT2D eigenvalue weighted by Gasteiger charge is -2.37. The maximum absolute atomic E-state index is 13.3. The van der Waals surface area contributed by atoms with Crippen LogP contribution < -0.4 is 10.1 Å². The first-order valence-electron chi connectivity index (χ1n) is 10.0. The van der Waals surface area contributed by atoms with E-state index in [1.807, 2.05) is 86.6 Å². The molecular formula is C25H24N2O3. The minimum absolute atomic E-state index is 0.0222. The Morgan fingerprint density at radius 1 is 0.933 bits per heavy atom. The van der Waals surface area contributed by atoms with E-state index in [4.69, 9.17) is 4.74 Å². The summed E-state index contributed by atoms with van der Waals surface area (Å²) in [5, 5.41) is 3.04. The summed E-state index contributed by atoms with van der Waals surface area (Å²) in [5.74, 6) is 1.09. The maximum atomic E-state index is 13.3. The summed E-state index contributed by atoms with van der Waals surface area (Å²) in [6.45, 7) is 4.48. The van der Waals surface area contributed by atoms with E-state index in [1.54, 1.807) is 4.90 Å². The van der Waals surface area contributed by atoms with Gasteiger partial charge in [-0.25, -0.2) is 0 Å². The molecule has 4 rings (SSSR count). The van der Waals surface area contributed by atoms with Gasteiger partial charge in [-0.15, -0.1) is 0 Å². The molecule has 2 amide bonds. The number of carbonyl (C=O) groups excluding carboxylic acids is 2. The summed E-state index contributed by atoms with van der Waals surface area (Å²) in [5.41, 5.74) is 3.48. The summed E-state index contributed by atoms with van der Waals surface area (Å²) in [6, 6.07) is 22.0. The maximum Gasteiger partial charge on any atom is 0.251 e. The number of anilines is 1. The van der Waals surface area contributed by atoms with Crippen LogP contribution in [-0.2, 0) is 9.59 Å². The van der Waals surface area contributed by atoms with Gasteiger partial charge in [0.25, 0.3) is 5.91 Å². The highest BCUT2D eigenvalue weighted by atomic mass is 16.5. The Labute approximate surface area is 176 Å². The molecule has 30 heavy (non-hydrogen) atoms. The van der Waals surface area contributed by atoms with E-state index in [2.05, 4.69) is 5.32 Å². The zero-order valence-corrected chi connectivity index (χ0v) is 17.1. The number of rotatable bonds is 6. The highest BCUT2D eigenvalue weighted by Crippen LogP contribution is 2.32. The van der Waals surface area contributed by atoms with Crippen molar-refractivity contribution in [1.29, 1.82) is 0 Å². The molecule has 0 bridgehead atoms. The molecular weight excluding hydrogens is 376 g/mol.